The van der Waals surface area contributed by atoms with Crippen LogP contribution in [0.25, 0.3) is 0 Å². The zero-order valence-electron chi connectivity index (χ0n) is 13.0. The van der Waals surface area contributed by atoms with Gasteiger partial charge >= 0.3 is 0 Å². The Kier molecular flexibility index (Phi) is 7.34. The molecule has 0 amide bonds. The third-order valence-electron chi connectivity index (χ3n) is 3.48. The topological polar surface area (TPSA) is 21.3 Å². The van der Waals surface area contributed by atoms with E-state index in [1.54, 1.807) is 12.1 Å². The standard InChI is InChI=1S/C18H20BrClFNO/c1-2-3-9-22-11-13-10-14(19)7-8-18(13)23-12-15-16(20)5-4-6-17(15)21/h4-8,10,22H,2-3,9,11-12H2,1H3. The van der Waals surface area contributed by atoms with E-state index in [1.807, 2.05) is 18.2 Å². The van der Waals surface area contributed by atoms with Gasteiger partial charge in [-0.1, -0.05) is 46.9 Å². The molecular formula is C18H20BrClFNO. The van der Waals surface area contributed by atoms with E-state index in [0.29, 0.717) is 17.1 Å². The molecule has 0 spiro atoms. The summed E-state index contributed by atoms with van der Waals surface area (Å²) < 4.78 is 20.6. The normalized spacial score (nSPS) is 10.8. The molecule has 0 fully saturated rings. The van der Waals surface area contributed by atoms with E-state index in [4.69, 9.17) is 16.3 Å². The zero-order valence-corrected chi connectivity index (χ0v) is 15.4. The van der Waals surface area contributed by atoms with Gasteiger partial charge in [-0.25, -0.2) is 4.39 Å². The van der Waals surface area contributed by atoms with Crippen LogP contribution in [0.2, 0.25) is 5.02 Å². The molecule has 0 aromatic heterocycles. The first-order chi connectivity index (χ1) is 11.1. The zero-order chi connectivity index (χ0) is 16.7. The number of benzene rings is 2. The first-order valence-electron chi connectivity index (χ1n) is 7.66. The fourth-order valence-electron chi connectivity index (χ4n) is 2.17. The minimum atomic E-state index is -0.350. The van der Waals surface area contributed by atoms with E-state index in [-0.39, 0.29) is 12.4 Å². The predicted octanol–water partition coefficient (Wildman–Crippen LogP) is 5.71. The fraction of sp³-hybridized carbons (Fsp3) is 0.333. The van der Waals surface area contributed by atoms with Crippen molar-refractivity contribution in [1.82, 2.24) is 5.32 Å². The molecule has 1 N–H and O–H groups in total. The van der Waals surface area contributed by atoms with Crippen molar-refractivity contribution < 1.29 is 9.13 Å². The lowest BCUT2D eigenvalue weighted by Gasteiger charge is -2.14. The minimum Gasteiger partial charge on any atom is -0.488 e. The van der Waals surface area contributed by atoms with E-state index in [9.17, 15) is 4.39 Å². The maximum atomic E-state index is 13.8. The Bertz CT molecular complexity index is 631. The molecule has 0 saturated heterocycles. The summed E-state index contributed by atoms with van der Waals surface area (Å²) in [6.45, 7) is 3.93. The Morgan fingerprint density at radius 3 is 2.83 bits per heavy atom. The summed E-state index contributed by atoms with van der Waals surface area (Å²) in [6.07, 6.45) is 2.29. The molecule has 5 heteroatoms. The molecule has 0 saturated carbocycles. The van der Waals surface area contributed by atoms with Gasteiger partial charge in [0.05, 0.1) is 5.02 Å². The lowest BCUT2D eigenvalue weighted by atomic mass is 10.2. The maximum absolute atomic E-state index is 13.8. The summed E-state index contributed by atoms with van der Waals surface area (Å²) in [7, 11) is 0. The Morgan fingerprint density at radius 1 is 1.26 bits per heavy atom. The molecule has 124 valence electrons. The van der Waals surface area contributed by atoms with Crippen LogP contribution in [0.3, 0.4) is 0 Å². The summed E-state index contributed by atoms with van der Waals surface area (Å²) in [5.74, 6) is 0.383. The molecule has 0 bridgehead atoms. The van der Waals surface area contributed by atoms with Gasteiger partial charge in [0.2, 0.25) is 0 Å². The van der Waals surface area contributed by atoms with Crippen LogP contribution >= 0.6 is 27.5 Å². The maximum Gasteiger partial charge on any atom is 0.131 e. The highest BCUT2D eigenvalue weighted by Crippen LogP contribution is 2.26. The average Bonchev–Trinajstić information content (AvgIpc) is 2.52. The first kappa shape index (κ1) is 18.2. The van der Waals surface area contributed by atoms with Crippen LogP contribution in [0.5, 0.6) is 5.75 Å². The highest BCUT2D eigenvalue weighted by atomic mass is 79.9. The van der Waals surface area contributed by atoms with E-state index < -0.39 is 0 Å². The van der Waals surface area contributed by atoms with Crippen LogP contribution in [0.15, 0.2) is 40.9 Å². The third-order valence-corrected chi connectivity index (χ3v) is 4.33. The number of rotatable bonds is 8. The van der Waals surface area contributed by atoms with E-state index in [2.05, 4.69) is 28.2 Å². The molecule has 0 aliphatic rings. The number of hydrogen-bond acceptors (Lipinski definition) is 2. The number of nitrogens with one attached hydrogen (secondary N) is 1. The highest BCUT2D eigenvalue weighted by Gasteiger charge is 2.10. The van der Waals surface area contributed by atoms with Gasteiger partial charge in [-0.05, 0) is 43.3 Å². The third kappa shape index (κ3) is 5.48. The van der Waals surface area contributed by atoms with Crippen molar-refractivity contribution in [1.29, 1.82) is 0 Å². The summed E-state index contributed by atoms with van der Waals surface area (Å²) >= 11 is 9.51. The summed E-state index contributed by atoms with van der Waals surface area (Å²) in [5.41, 5.74) is 1.41. The molecule has 0 unspecified atom stereocenters. The molecule has 2 nitrogen and oxygen atoms in total. The van der Waals surface area contributed by atoms with Gasteiger partial charge in [-0.3, -0.25) is 0 Å². The second-order valence-electron chi connectivity index (χ2n) is 5.27. The smallest absolute Gasteiger partial charge is 0.131 e. The molecule has 0 aliphatic heterocycles. The van der Waals surface area contributed by atoms with Gasteiger partial charge in [0.15, 0.2) is 0 Å². The average molecular weight is 401 g/mol. The molecule has 23 heavy (non-hydrogen) atoms. The Balaban J connectivity index is 2.07. The van der Waals surface area contributed by atoms with Gasteiger partial charge < -0.3 is 10.1 Å². The van der Waals surface area contributed by atoms with Crippen molar-refractivity contribution in [3.8, 4) is 5.75 Å². The van der Waals surface area contributed by atoms with Crippen molar-refractivity contribution >= 4 is 27.5 Å². The van der Waals surface area contributed by atoms with Gasteiger partial charge in [0.1, 0.15) is 18.2 Å². The highest BCUT2D eigenvalue weighted by molar-refractivity contribution is 9.10. The van der Waals surface area contributed by atoms with Crippen molar-refractivity contribution in [2.45, 2.75) is 32.9 Å². The quantitative estimate of drug-likeness (QED) is 0.573. The van der Waals surface area contributed by atoms with Crippen molar-refractivity contribution in [2.24, 2.45) is 0 Å². The number of hydrogen-bond donors (Lipinski definition) is 1. The van der Waals surface area contributed by atoms with Crippen LogP contribution in [0.1, 0.15) is 30.9 Å². The molecule has 0 aliphatic carbocycles. The van der Waals surface area contributed by atoms with Crippen LogP contribution in [-0.4, -0.2) is 6.54 Å². The monoisotopic (exact) mass is 399 g/mol. The van der Waals surface area contributed by atoms with Gasteiger partial charge in [0.25, 0.3) is 0 Å². The van der Waals surface area contributed by atoms with Crippen LogP contribution in [0.4, 0.5) is 4.39 Å². The summed E-state index contributed by atoms with van der Waals surface area (Å²) in [6, 6.07) is 10.4. The molecule has 0 atom stereocenters. The SMILES string of the molecule is CCCCNCc1cc(Br)ccc1OCc1c(F)cccc1Cl. The van der Waals surface area contributed by atoms with Crippen LogP contribution in [0, 0.1) is 5.82 Å². The molecule has 2 aromatic rings. The van der Waals surface area contributed by atoms with Gasteiger partial charge in [-0.2, -0.15) is 0 Å². The van der Waals surface area contributed by atoms with Crippen molar-refractivity contribution in [2.75, 3.05) is 6.54 Å². The van der Waals surface area contributed by atoms with Crippen LogP contribution < -0.4 is 10.1 Å². The number of halogens is 3. The molecule has 2 aromatic carbocycles. The van der Waals surface area contributed by atoms with Crippen LogP contribution in [-0.2, 0) is 13.2 Å². The van der Waals surface area contributed by atoms with E-state index >= 15 is 0 Å². The molecule has 0 radical (unpaired) electrons. The molecule has 2 rings (SSSR count). The summed E-state index contributed by atoms with van der Waals surface area (Å²) in [4.78, 5) is 0. The van der Waals surface area contributed by atoms with Crippen molar-refractivity contribution in [3.05, 3.63) is 62.8 Å². The second kappa shape index (κ2) is 9.26. The van der Waals surface area contributed by atoms with E-state index in [0.717, 1.165) is 35.2 Å². The summed E-state index contributed by atoms with van der Waals surface area (Å²) in [5, 5.41) is 3.77. The lowest BCUT2D eigenvalue weighted by Crippen LogP contribution is -2.15. The minimum absolute atomic E-state index is 0.106. The number of ether oxygens (including phenoxy) is 1. The Hall–Kier alpha value is -1.10. The predicted molar refractivity (Wildman–Crippen MR) is 96.5 cm³/mol. The molecular weight excluding hydrogens is 381 g/mol. The largest absolute Gasteiger partial charge is 0.488 e. The van der Waals surface area contributed by atoms with Gasteiger partial charge in [0, 0.05) is 22.1 Å². The lowest BCUT2D eigenvalue weighted by molar-refractivity contribution is 0.296. The molecule has 0 heterocycles. The number of unbranched alkanes of at least 4 members (excludes halogenated alkanes) is 1. The second-order valence-corrected chi connectivity index (χ2v) is 6.59. The van der Waals surface area contributed by atoms with E-state index in [1.165, 1.54) is 6.07 Å². The van der Waals surface area contributed by atoms with Gasteiger partial charge in [-0.15, -0.1) is 0 Å². The first-order valence-corrected chi connectivity index (χ1v) is 8.83. The van der Waals surface area contributed by atoms with Crippen molar-refractivity contribution in [3.63, 3.8) is 0 Å². The fourth-order valence-corrected chi connectivity index (χ4v) is 2.80. The Labute approximate surface area is 150 Å². The Morgan fingerprint density at radius 2 is 2.09 bits per heavy atom.